The molecule has 22 heavy (non-hydrogen) atoms. The fraction of sp³-hybridized carbons (Fsp3) is 0.750. The van der Waals surface area contributed by atoms with Crippen LogP contribution in [0.5, 0.6) is 0 Å². The molecule has 6 nitrogen and oxygen atoms in total. The molecule has 0 spiro atoms. The number of carbonyl (C=O) groups excluding carboxylic acids is 1. The lowest BCUT2D eigenvalue weighted by Gasteiger charge is -2.21. The molecule has 1 saturated carbocycles. The zero-order valence-electron chi connectivity index (χ0n) is 13.6. The number of nitriles is 1. The summed E-state index contributed by atoms with van der Waals surface area (Å²) in [4.78, 5) is 16.3. The van der Waals surface area contributed by atoms with Gasteiger partial charge in [-0.3, -0.25) is 4.79 Å². The summed E-state index contributed by atoms with van der Waals surface area (Å²) in [5.41, 5.74) is -0.776. The van der Waals surface area contributed by atoms with E-state index in [0.29, 0.717) is 31.0 Å². The summed E-state index contributed by atoms with van der Waals surface area (Å²) in [5.74, 6) is 1.17. The van der Waals surface area contributed by atoms with Crippen molar-refractivity contribution < 1.29 is 9.32 Å². The Kier molecular flexibility index (Phi) is 4.84. The highest BCUT2D eigenvalue weighted by Crippen LogP contribution is 2.29. The van der Waals surface area contributed by atoms with Gasteiger partial charge in [0, 0.05) is 18.3 Å². The van der Waals surface area contributed by atoms with Gasteiger partial charge in [0.2, 0.25) is 11.8 Å². The van der Waals surface area contributed by atoms with Crippen LogP contribution in [0.2, 0.25) is 0 Å². The molecule has 0 saturated heterocycles. The number of hydrogen-bond donors (Lipinski definition) is 1. The highest BCUT2D eigenvalue weighted by atomic mass is 16.5. The zero-order valence-corrected chi connectivity index (χ0v) is 13.6. The van der Waals surface area contributed by atoms with Gasteiger partial charge in [-0.25, -0.2) is 0 Å². The van der Waals surface area contributed by atoms with Crippen molar-refractivity contribution in [3.05, 3.63) is 11.7 Å². The third kappa shape index (κ3) is 4.06. The molecule has 0 aliphatic heterocycles. The standard InChI is InChI=1S/C16H24N4O2/c1-15(2,3)14-18-13(22-20-14)8-6-7-12(21)19-16(11-17)9-4-5-10-16/h4-10H2,1-3H3,(H,19,21). The highest BCUT2D eigenvalue weighted by Gasteiger charge is 2.35. The van der Waals surface area contributed by atoms with Crippen LogP contribution in [0.1, 0.15) is 71.0 Å². The van der Waals surface area contributed by atoms with Crippen molar-refractivity contribution in [3.8, 4) is 6.07 Å². The first-order valence-corrected chi connectivity index (χ1v) is 7.90. The Labute approximate surface area is 131 Å². The predicted octanol–water partition coefficient (Wildman–Crippen LogP) is 2.64. The maximum absolute atomic E-state index is 12.0. The predicted molar refractivity (Wildman–Crippen MR) is 80.9 cm³/mol. The van der Waals surface area contributed by atoms with E-state index in [1.165, 1.54) is 0 Å². The van der Waals surface area contributed by atoms with E-state index in [9.17, 15) is 10.1 Å². The van der Waals surface area contributed by atoms with Crippen LogP contribution in [-0.2, 0) is 16.6 Å². The molecule has 1 aromatic heterocycles. The lowest BCUT2D eigenvalue weighted by atomic mass is 9.96. The molecule has 0 unspecified atom stereocenters. The quantitative estimate of drug-likeness (QED) is 0.902. The molecule has 0 atom stereocenters. The van der Waals surface area contributed by atoms with E-state index in [4.69, 9.17) is 4.52 Å². The van der Waals surface area contributed by atoms with Gasteiger partial charge in [0.05, 0.1) is 6.07 Å². The number of rotatable bonds is 5. The summed E-state index contributed by atoms with van der Waals surface area (Å²) < 4.78 is 5.20. The lowest BCUT2D eigenvalue weighted by molar-refractivity contribution is -0.122. The summed E-state index contributed by atoms with van der Waals surface area (Å²) in [6, 6.07) is 2.26. The number of aryl methyl sites for hydroxylation is 1. The zero-order chi connectivity index (χ0) is 16.2. The molecule has 6 heteroatoms. The molecule has 1 fully saturated rings. The van der Waals surface area contributed by atoms with Gasteiger partial charge in [-0.2, -0.15) is 10.2 Å². The van der Waals surface area contributed by atoms with Gasteiger partial charge in [-0.1, -0.05) is 25.9 Å². The first-order valence-electron chi connectivity index (χ1n) is 7.90. The van der Waals surface area contributed by atoms with Crippen LogP contribution >= 0.6 is 0 Å². The number of nitrogens with zero attached hydrogens (tertiary/aromatic N) is 3. The van der Waals surface area contributed by atoms with E-state index in [1.807, 2.05) is 20.8 Å². The van der Waals surface area contributed by atoms with Gasteiger partial charge < -0.3 is 9.84 Å². The summed E-state index contributed by atoms with van der Waals surface area (Å²) in [5, 5.41) is 16.1. The van der Waals surface area contributed by atoms with Gasteiger partial charge in [0.1, 0.15) is 5.54 Å². The topological polar surface area (TPSA) is 91.8 Å². The van der Waals surface area contributed by atoms with Crippen molar-refractivity contribution in [3.63, 3.8) is 0 Å². The van der Waals surface area contributed by atoms with E-state index < -0.39 is 5.54 Å². The summed E-state index contributed by atoms with van der Waals surface area (Å²) >= 11 is 0. The van der Waals surface area contributed by atoms with Crippen molar-refractivity contribution in [2.24, 2.45) is 0 Å². The lowest BCUT2D eigenvalue weighted by Crippen LogP contribution is -2.45. The second-order valence-electron chi connectivity index (χ2n) is 7.06. The summed E-state index contributed by atoms with van der Waals surface area (Å²) in [6.45, 7) is 6.08. The highest BCUT2D eigenvalue weighted by molar-refractivity contribution is 5.77. The van der Waals surface area contributed by atoms with Crippen LogP contribution in [0.25, 0.3) is 0 Å². The molecule has 120 valence electrons. The average Bonchev–Trinajstić information content (AvgIpc) is 3.08. The largest absolute Gasteiger partial charge is 0.339 e. The van der Waals surface area contributed by atoms with E-state index >= 15 is 0 Å². The van der Waals surface area contributed by atoms with Crippen LogP contribution in [0, 0.1) is 11.3 Å². The Morgan fingerprint density at radius 2 is 2.09 bits per heavy atom. The van der Waals surface area contributed by atoms with E-state index in [2.05, 4.69) is 21.5 Å². The number of aromatic nitrogens is 2. The third-order valence-electron chi connectivity index (χ3n) is 3.98. The van der Waals surface area contributed by atoms with Gasteiger partial charge >= 0.3 is 0 Å². The number of nitrogens with one attached hydrogen (secondary N) is 1. The molecule has 1 heterocycles. The molecule has 1 amide bonds. The first kappa shape index (κ1) is 16.5. The molecular weight excluding hydrogens is 280 g/mol. The average molecular weight is 304 g/mol. The maximum atomic E-state index is 12.0. The minimum Gasteiger partial charge on any atom is -0.339 e. The monoisotopic (exact) mass is 304 g/mol. The normalized spacial score (nSPS) is 17.2. The smallest absolute Gasteiger partial charge is 0.226 e. The van der Waals surface area contributed by atoms with Gasteiger partial charge in [-0.05, 0) is 32.1 Å². The Morgan fingerprint density at radius 3 is 2.64 bits per heavy atom. The second kappa shape index (κ2) is 6.47. The molecule has 2 rings (SSSR count). The van der Waals surface area contributed by atoms with Gasteiger partial charge in [0.15, 0.2) is 5.82 Å². The van der Waals surface area contributed by atoms with Crippen LogP contribution < -0.4 is 5.32 Å². The molecule has 1 aliphatic rings. The Morgan fingerprint density at radius 1 is 1.41 bits per heavy atom. The molecule has 0 radical (unpaired) electrons. The minimum absolute atomic E-state index is 0.0704. The van der Waals surface area contributed by atoms with Gasteiger partial charge in [-0.15, -0.1) is 0 Å². The number of amides is 1. The molecule has 0 aromatic carbocycles. The van der Waals surface area contributed by atoms with Crippen LogP contribution in [0.15, 0.2) is 4.52 Å². The van der Waals surface area contributed by atoms with Crippen molar-refractivity contribution >= 4 is 5.91 Å². The molecule has 1 aromatic rings. The van der Waals surface area contributed by atoms with Crippen molar-refractivity contribution in [2.45, 2.75) is 76.7 Å². The molecular formula is C16H24N4O2. The Balaban J connectivity index is 1.78. The molecule has 1 aliphatic carbocycles. The molecule has 1 N–H and O–H groups in total. The van der Waals surface area contributed by atoms with Crippen molar-refractivity contribution in [1.82, 2.24) is 15.5 Å². The minimum atomic E-state index is -0.638. The Bertz CT molecular complexity index is 559. The van der Waals surface area contributed by atoms with Crippen molar-refractivity contribution in [1.29, 1.82) is 5.26 Å². The van der Waals surface area contributed by atoms with E-state index in [-0.39, 0.29) is 11.3 Å². The summed E-state index contributed by atoms with van der Waals surface area (Å²) in [6.07, 6.45) is 5.12. The maximum Gasteiger partial charge on any atom is 0.226 e. The first-order chi connectivity index (χ1) is 10.3. The second-order valence-corrected chi connectivity index (χ2v) is 7.06. The Hall–Kier alpha value is -1.90. The van der Waals surface area contributed by atoms with Crippen LogP contribution in [0.3, 0.4) is 0 Å². The number of carbonyl (C=O) groups is 1. The van der Waals surface area contributed by atoms with E-state index in [1.54, 1.807) is 0 Å². The van der Waals surface area contributed by atoms with Crippen LogP contribution in [0.4, 0.5) is 0 Å². The number of hydrogen-bond acceptors (Lipinski definition) is 5. The van der Waals surface area contributed by atoms with Gasteiger partial charge in [0.25, 0.3) is 0 Å². The summed E-state index contributed by atoms with van der Waals surface area (Å²) in [7, 11) is 0. The molecule has 0 bridgehead atoms. The fourth-order valence-corrected chi connectivity index (χ4v) is 2.63. The SMILES string of the molecule is CC(C)(C)c1noc(CCCC(=O)NC2(C#N)CCCC2)n1. The van der Waals surface area contributed by atoms with Crippen molar-refractivity contribution in [2.75, 3.05) is 0 Å². The fourth-order valence-electron chi connectivity index (χ4n) is 2.63. The third-order valence-corrected chi connectivity index (χ3v) is 3.98. The van der Waals surface area contributed by atoms with E-state index in [0.717, 1.165) is 25.7 Å². The van der Waals surface area contributed by atoms with Crippen LogP contribution in [-0.4, -0.2) is 21.6 Å².